The first-order chi connectivity index (χ1) is 14.7. The molecule has 3 rings (SSSR count). The summed E-state index contributed by atoms with van der Waals surface area (Å²) in [5.74, 6) is 1.27. The number of urea groups is 1. The lowest BCUT2D eigenvalue weighted by Gasteiger charge is -2.34. The molecule has 2 amide bonds. The van der Waals surface area contributed by atoms with Crippen LogP contribution in [0.25, 0.3) is 0 Å². The fraction of sp³-hybridized carbons (Fsp3) is 0.435. The number of benzene rings is 2. The predicted octanol–water partition coefficient (Wildman–Crippen LogP) is 3.03. The first-order valence-electron chi connectivity index (χ1n) is 10.4. The molecule has 1 aliphatic rings. The number of hydrogen-bond donors (Lipinski definition) is 2. The Morgan fingerprint density at radius 1 is 0.933 bits per heavy atom. The van der Waals surface area contributed by atoms with Gasteiger partial charge in [-0.15, -0.1) is 0 Å². The number of nitrogens with one attached hydrogen (secondary N) is 2. The zero-order chi connectivity index (χ0) is 21.2. The fourth-order valence-corrected chi connectivity index (χ4v) is 3.57. The molecule has 0 spiro atoms. The van der Waals surface area contributed by atoms with E-state index in [2.05, 4.69) is 50.8 Å². The van der Waals surface area contributed by atoms with E-state index in [9.17, 15) is 4.79 Å². The topological polar surface area (TPSA) is 66.1 Å². The van der Waals surface area contributed by atoms with E-state index in [0.717, 1.165) is 45.7 Å². The molecule has 30 heavy (non-hydrogen) atoms. The van der Waals surface area contributed by atoms with E-state index in [1.165, 1.54) is 5.56 Å². The Morgan fingerprint density at radius 3 is 2.20 bits per heavy atom. The lowest BCUT2D eigenvalue weighted by molar-refractivity contribution is 0.126. The van der Waals surface area contributed by atoms with Crippen LogP contribution in [0.4, 0.5) is 10.5 Å². The Hall–Kier alpha value is -2.77. The summed E-state index contributed by atoms with van der Waals surface area (Å²) in [7, 11) is 3.17. The molecule has 1 heterocycles. The van der Waals surface area contributed by atoms with Crippen molar-refractivity contribution in [1.29, 1.82) is 0 Å². The van der Waals surface area contributed by atoms with Gasteiger partial charge in [0.2, 0.25) is 0 Å². The maximum Gasteiger partial charge on any atom is 0.319 e. The maximum atomic E-state index is 12.2. The van der Waals surface area contributed by atoms with E-state index in [-0.39, 0.29) is 6.03 Å². The summed E-state index contributed by atoms with van der Waals surface area (Å²) in [6.45, 7) is 6.96. The van der Waals surface area contributed by atoms with Crippen molar-refractivity contribution in [3.8, 4) is 11.5 Å². The summed E-state index contributed by atoms with van der Waals surface area (Å²) < 4.78 is 10.4. The number of carbonyl (C=O) groups is 1. The average Bonchev–Trinajstić information content (AvgIpc) is 2.78. The molecule has 1 saturated heterocycles. The van der Waals surface area contributed by atoms with Crippen LogP contribution < -0.4 is 20.1 Å². The molecule has 1 fully saturated rings. The average molecular weight is 413 g/mol. The highest BCUT2D eigenvalue weighted by molar-refractivity contribution is 5.89. The van der Waals surface area contributed by atoms with Crippen LogP contribution in [-0.2, 0) is 6.54 Å². The first kappa shape index (κ1) is 21.9. The standard InChI is InChI=1S/C23H32N4O3/c1-29-21-15-20(16-22(17-21)30-2)25-23(28)24-9-6-10-26-11-13-27(14-12-26)18-19-7-4-3-5-8-19/h3-5,7-8,15-17H,6,9-14,18H2,1-2H3,(H2,24,25,28). The predicted molar refractivity (Wildman–Crippen MR) is 119 cm³/mol. The minimum absolute atomic E-state index is 0.224. The van der Waals surface area contributed by atoms with Gasteiger partial charge >= 0.3 is 6.03 Å². The van der Waals surface area contributed by atoms with Crippen LogP contribution in [0.5, 0.6) is 11.5 Å². The van der Waals surface area contributed by atoms with E-state index in [1.54, 1.807) is 32.4 Å². The second kappa shape index (κ2) is 11.4. The summed E-state index contributed by atoms with van der Waals surface area (Å²) in [5.41, 5.74) is 2.01. The zero-order valence-electron chi connectivity index (χ0n) is 17.9. The summed E-state index contributed by atoms with van der Waals surface area (Å²) in [6.07, 6.45) is 0.924. The molecule has 2 aromatic carbocycles. The van der Waals surface area contributed by atoms with Gasteiger partial charge in [0.15, 0.2) is 0 Å². The quantitative estimate of drug-likeness (QED) is 0.620. The van der Waals surface area contributed by atoms with Crippen LogP contribution in [0.2, 0.25) is 0 Å². The molecule has 2 N–H and O–H groups in total. The van der Waals surface area contributed by atoms with Crippen LogP contribution in [0, 0.1) is 0 Å². The smallest absolute Gasteiger partial charge is 0.319 e. The van der Waals surface area contributed by atoms with Gasteiger partial charge in [0, 0.05) is 63.2 Å². The summed E-state index contributed by atoms with van der Waals surface area (Å²) in [4.78, 5) is 17.1. The van der Waals surface area contributed by atoms with Crippen molar-refractivity contribution >= 4 is 11.7 Å². The number of piperazine rings is 1. The Labute approximate surface area is 179 Å². The molecule has 1 aliphatic heterocycles. The molecule has 0 aromatic heterocycles. The highest BCUT2D eigenvalue weighted by atomic mass is 16.5. The zero-order valence-corrected chi connectivity index (χ0v) is 17.9. The largest absolute Gasteiger partial charge is 0.497 e. The van der Waals surface area contributed by atoms with Gasteiger partial charge in [-0.3, -0.25) is 4.90 Å². The van der Waals surface area contributed by atoms with Crippen molar-refractivity contribution in [2.45, 2.75) is 13.0 Å². The second-order valence-corrected chi connectivity index (χ2v) is 7.44. The summed E-state index contributed by atoms with van der Waals surface area (Å²) in [6, 6.07) is 15.7. The lowest BCUT2D eigenvalue weighted by atomic mass is 10.2. The van der Waals surface area contributed by atoms with E-state index < -0.39 is 0 Å². The molecule has 0 radical (unpaired) electrons. The van der Waals surface area contributed by atoms with E-state index >= 15 is 0 Å². The molecular weight excluding hydrogens is 380 g/mol. The van der Waals surface area contributed by atoms with E-state index in [4.69, 9.17) is 9.47 Å². The van der Waals surface area contributed by atoms with Gasteiger partial charge < -0.3 is 25.0 Å². The highest BCUT2D eigenvalue weighted by Gasteiger charge is 2.16. The molecule has 0 bridgehead atoms. The van der Waals surface area contributed by atoms with Crippen molar-refractivity contribution < 1.29 is 14.3 Å². The monoisotopic (exact) mass is 412 g/mol. The van der Waals surface area contributed by atoms with Gasteiger partial charge in [0.25, 0.3) is 0 Å². The van der Waals surface area contributed by atoms with Crippen molar-refractivity contribution in [2.24, 2.45) is 0 Å². The maximum absolute atomic E-state index is 12.2. The first-order valence-corrected chi connectivity index (χ1v) is 10.4. The number of amides is 2. The third kappa shape index (κ3) is 6.93. The normalized spacial score (nSPS) is 14.9. The van der Waals surface area contributed by atoms with Gasteiger partial charge in [0.05, 0.1) is 14.2 Å². The highest BCUT2D eigenvalue weighted by Crippen LogP contribution is 2.25. The number of methoxy groups -OCH3 is 2. The van der Waals surface area contributed by atoms with Crippen molar-refractivity contribution in [3.63, 3.8) is 0 Å². The minimum atomic E-state index is -0.224. The molecule has 7 nitrogen and oxygen atoms in total. The molecule has 0 saturated carbocycles. The van der Waals surface area contributed by atoms with Gasteiger partial charge in [-0.1, -0.05) is 30.3 Å². The molecule has 2 aromatic rings. The SMILES string of the molecule is COc1cc(NC(=O)NCCCN2CCN(Cc3ccccc3)CC2)cc(OC)c1. The molecule has 0 atom stereocenters. The third-order valence-electron chi connectivity index (χ3n) is 5.26. The number of ether oxygens (including phenoxy) is 2. The number of carbonyl (C=O) groups excluding carboxylic acids is 1. The summed E-state index contributed by atoms with van der Waals surface area (Å²) >= 11 is 0. The molecule has 0 unspecified atom stereocenters. The Bertz CT molecular complexity index is 770. The Kier molecular flexibility index (Phi) is 8.35. The van der Waals surface area contributed by atoms with E-state index in [1.807, 2.05) is 0 Å². The third-order valence-corrected chi connectivity index (χ3v) is 5.26. The van der Waals surface area contributed by atoms with Crippen LogP contribution in [-0.4, -0.2) is 69.3 Å². The van der Waals surface area contributed by atoms with Crippen molar-refractivity contribution in [1.82, 2.24) is 15.1 Å². The Morgan fingerprint density at radius 2 is 1.57 bits per heavy atom. The van der Waals surface area contributed by atoms with Gasteiger partial charge in [-0.2, -0.15) is 0 Å². The lowest BCUT2D eigenvalue weighted by Crippen LogP contribution is -2.46. The van der Waals surface area contributed by atoms with Crippen LogP contribution >= 0.6 is 0 Å². The van der Waals surface area contributed by atoms with Crippen LogP contribution in [0.15, 0.2) is 48.5 Å². The molecule has 0 aliphatic carbocycles. The fourth-order valence-electron chi connectivity index (χ4n) is 3.57. The van der Waals surface area contributed by atoms with Gasteiger partial charge in [-0.25, -0.2) is 4.79 Å². The summed E-state index contributed by atoms with van der Waals surface area (Å²) in [5, 5.41) is 5.75. The number of anilines is 1. The Balaban J connectivity index is 1.31. The number of nitrogens with zero attached hydrogens (tertiary/aromatic N) is 2. The molecular formula is C23H32N4O3. The second-order valence-electron chi connectivity index (χ2n) is 7.44. The minimum Gasteiger partial charge on any atom is -0.497 e. The van der Waals surface area contributed by atoms with Crippen molar-refractivity contribution in [3.05, 3.63) is 54.1 Å². The van der Waals surface area contributed by atoms with Crippen LogP contribution in [0.1, 0.15) is 12.0 Å². The molecule has 162 valence electrons. The van der Waals surface area contributed by atoms with Gasteiger partial charge in [-0.05, 0) is 18.5 Å². The van der Waals surface area contributed by atoms with Gasteiger partial charge in [0.1, 0.15) is 11.5 Å². The number of rotatable bonds is 9. The van der Waals surface area contributed by atoms with Crippen molar-refractivity contribution in [2.75, 3.05) is 58.8 Å². The van der Waals surface area contributed by atoms with Crippen LogP contribution in [0.3, 0.4) is 0 Å². The molecule has 7 heteroatoms. The number of hydrogen-bond acceptors (Lipinski definition) is 5. The van der Waals surface area contributed by atoms with E-state index in [0.29, 0.717) is 23.7 Å².